The second kappa shape index (κ2) is 7.09. The second-order valence-corrected chi connectivity index (χ2v) is 4.36. The van der Waals surface area contributed by atoms with Crippen LogP contribution in [0.5, 0.6) is 5.75 Å². The van der Waals surface area contributed by atoms with Crippen molar-refractivity contribution in [1.29, 1.82) is 0 Å². The molecule has 0 bridgehead atoms. The molecule has 0 aliphatic heterocycles. The summed E-state index contributed by atoms with van der Waals surface area (Å²) >= 11 is 0. The van der Waals surface area contributed by atoms with E-state index in [1.807, 2.05) is 49.5 Å². The Morgan fingerprint density at radius 2 is 1.86 bits per heavy atom. The summed E-state index contributed by atoms with van der Waals surface area (Å²) in [4.78, 5) is 10.4. The van der Waals surface area contributed by atoms with Crippen molar-refractivity contribution in [3.8, 4) is 5.75 Å². The van der Waals surface area contributed by atoms with Crippen LogP contribution in [0.25, 0.3) is 0 Å². The third-order valence-electron chi connectivity index (χ3n) is 2.75. The molecule has 0 aromatic heterocycles. The average Bonchev–Trinajstić information content (AvgIpc) is 2.52. The highest BCUT2D eigenvalue weighted by molar-refractivity contribution is 5.80. The number of carboxylic acid groups (broad SMARTS) is 1. The fraction of sp³-hybridized carbons (Fsp3) is 0.125. The number of para-hydroxylation sites is 1. The smallest absolute Gasteiger partial charge is 0.341 e. The van der Waals surface area contributed by atoms with Crippen molar-refractivity contribution < 1.29 is 14.6 Å². The van der Waals surface area contributed by atoms with Gasteiger partial charge in [0, 0.05) is 7.05 Å². The minimum atomic E-state index is -0.995. The maximum Gasteiger partial charge on any atom is 0.341 e. The first-order chi connectivity index (χ1) is 10.1. The highest BCUT2D eigenvalue weighted by atomic mass is 16.5. The number of hydrazone groups is 1. The van der Waals surface area contributed by atoms with Crippen molar-refractivity contribution in [2.45, 2.75) is 0 Å². The molecule has 5 heteroatoms. The fourth-order valence-electron chi connectivity index (χ4n) is 1.66. The Labute approximate surface area is 123 Å². The van der Waals surface area contributed by atoms with E-state index in [0.717, 1.165) is 11.3 Å². The summed E-state index contributed by atoms with van der Waals surface area (Å²) in [5.41, 5.74) is 1.90. The lowest BCUT2D eigenvalue weighted by atomic mass is 10.2. The zero-order valence-electron chi connectivity index (χ0n) is 11.6. The van der Waals surface area contributed by atoms with E-state index in [1.54, 1.807) is 23.4 Å². The lowest BCUT2D eigenvalue weighted by molar-refractivity contribution is -0.139. The van der Waals surface area contributed by atoms with E-state index in [9.17, 15) is 4.79 Å². The van der Waals surface area contributed by atoms with Gasteiger partial charge in [0.1, 0.15) is 5.75 Å². The molecule has 0 aliphatic carbocycles. The minimum absolute atomic E-state index is 0.343. The first-order valence-corrected chi connectivity index (χ1v) is 6.42. The standard InChI is InChI=1S/C16H16N2O3/c1-18(14-5-3-2-4-6-14)17-11-13-7-9-15(10-8-13)21-12-16(19)20/h2-11H,12H2,1H3,(H,19,20)/b17-11+. The van der Waals surface area contributed by atoms with Crippen LogP contribution in [0.3, 0.4) is 0 Å². The molecule has 2 aromatic carbocycles. The largest absolute Gasteiger partial charge is 0.482 e. The summed E-state index contributed by atoms with van der Waals surface area (Å²) in [6.45, 7) is -0.343. The molecule has 0 saturated carbocycles. The quantitative estimate of drug-likeness (QED) is 0.654. The van der Waals surface area contributed by atoms with Gasteiger partial charge in [0.25, 0.3) is 0 Å². The summed E-state index contributed by atoms with van der Waals surface area (Å²) < 4.78 is 5.06. The van der Waals surface area contributed by atoms with Gasteiger partial charge in [0.2, 0.25) is 0 Å². The molecule has 0 saturated heterocycles. The third-order valence-corrected chi connectivity index (χ3v) is 2.75. The van der Waals surface area contributed by atoms with Gasteiger partial charge in [-0.25, -0.2) is 4.79 Å². The van der Waals surface area contributed by atoms with Gasteiger partial charge in [0.15, 0.2) is 6.61 Å². The van der Waals surface area contributed by atoms with E-state index in [1.165, 1.54) is 0 Å². The van der Waals surface area contributed by atoms with Crippen LogP contribution in [0.2, 0.25) is 0 Å². The topological polar surface area (TPSA) is 62.1 Å². The second-order valence-electron chi connectivity index (χ2n) is 4.36. The van der Waals surface area contributed by atoms with Crippen LogP contribution in [-0.4, -0.2) is 30.9 Å². The van der Waals surface area contributed by atoms with Crippen LogP contribution in [0.4, 0.5) is 5.69 Å². The highest BCUT2D eigenvalue weighted by Crippen LogP contribution is 2.13. The van der Waals surface area contributed by atoms with Crippen LogP contribution in [-0.2, 0) is 4.79 Å². The van der Waals surface area contributed by atoms with Crippen molar-refractivity contribution in [2.75, 3.05) is 18.7 Å². The van der Waals surface area contributed by atoms with Crippen molar-refractivity contribution in [3.63, 3.8) is 0 Å². The molecule has 2 aromatic rings. The van der Waals surface area contributed by atoms with Gasteiger partial charge in [-0.05, 0) is 42.0 Å². The zero-order chi connectivity index (χ0) is 15.1. The number of anilines is 1. The van der Waals surface area contributed by atoms with Crippen LogP contribution in [0, 0.1) is 0 Å². The Kier molecular flexibility index (Phi) is 4.93. The number of aliphatic carboxylic acids is 1. The first-order valence-electron chi connectivity index (χ1n) is 6.42. The number of ether oxygens (including phenoxy) is 1. The molecule has 21 heavy (non-hydrogen) atoms. The van der Waals surface area contributed by atoms with Crippen LogP contribution >= 0.6 is 0 Å². The molecule has 0 aliphatic rings. The lowest BCUT2D eigenvalue weighted by Gasteiger charge is -2.12. The van der Waals surface area contributed by atoms with Crippen molar-refractivity contribution in [3.05, 3.63) is 60.2 Å². The third kappa shape index (κ3) is 4.65. The van der Waals surface area contributed by atoms with Crippen LogP contribution in [0.15, 0.2) is 59.7 Å². The summed E-state index contributed by atoms with van der Waals surface area (Å²) in [6.07, 6.45) is 1.73. The molecule has 0 atom stereocenters. The Balaban J connectivity index is 1.96. The molecule has 108 valence electrons. The minimum Gasteiger partial charge on any atom is -0.482 e. The number of hydrogen-bond donors (Lipinski definition) is 1. The van der Waals surface area contributed by atoms with E-state index >= 15 is 0 Å². The highest BCUT2D eigenvalue weighted by Gasteiger charge is 1.99. The van der Waals surface area contributed by atoms with Gasteiger partial charge >= 0.3 is 5.97 Å². The maximum absolute atomic E-state index is 10.4. The first kappa shape index (κ1) is 14.6. The van der Waals surface area contributed by atoms with E-state index in [0.29, 0.717) is 5.75 Å². The van der Waals surface area contributed by atoms with Gasteiger partial charge in [0.05, 0.1) is 11.9 Å². The van der Waals surface area contributed by atoms with Gasteiger partial charge in [-0.1, -0.05) is 18.2 Å². The number of hydrogen-bond acceptors (Lipinski definition) is 4. The molecule has 2 rings (SSSR count). The molecule has 0 unspecified atom stereocenters. The van der Waals surface area contributed by atoms with Gasteiger partial charge in [-0.3, -0.25) is 5.01 Å². The Morgan fingerprint density at radius 1 is 1.19 bits per heavy atom. The predicted molar refractivity (Wildman–Crippen MR) is 82.0 cm³/mol. The Morgan fingerprint density at radius 3 is 2.48 bits per heavy atom. The van der Waals surface area contributed by atoms with Gasteiger partial charge in [-0.15, -0.1) is 0 Å². The van der Waals surface area contributed by atoms with Gasteiger partial charge in [-0.2, -0.15) is 5.10 Å². The zero-order valence-corrected chi connectivity index (χ0v) is 11.6. The summed E-state index contributed by atoms with van der Waals surface area (Å²) in [5, 5.41) is 14.6. The molecule has 0 spiro atoms. The summed E-state index contributed by atoms with van der Waals surface area (Å²) in [6, 6.07) is 16.9. The van der Waals surface area contributed by atoms with E-state index in [2.05, 4.69) is 5.10 Å². The summed E-state index contributed by atoms with van der Waals surface area (Å²) in [7, 11) is 1.87. The average molecular weight is 284 g/mol. The number of rotatable bonds is 6. The molecule has 0 fully saturated rings. The predicted octanol–water partition coefficient (Wildman–Crippen LogP) is 2.62. The van der Waals surface area contributed by atoms with Crippen LogP contribution < -0.4 is 9.75 Å². The number of carbonyl (C=O) groups is 1. The molecule has 5 nitrogen and oxygen atoms in total. The lowest BCUT2D eigenvalue weighted by Crippen LogP contribution is -2.09. The summed E-state index contributed by atoms with van der Waals surface area (Å²) in [5.74, 6) is -0.476. The number of benzene rings is 2. The number of nitrogens with zero attached hydrogens (tertiary/aromatic N) is 2. The van der Waals surface area contributed by atoms with E-state index < -0.39 is 5.97 Å². The van der Waals surface area contributed by atoms with E-state index in [-0.39, 0.29) is 6.61 Å². The van der Waals surface area contributed by atoms with Gasteiger partial charge < -0.3 is 9.84 Å². The fourth-order valence-corrected chi connectivity index (χ4v) is 1.66. The molecule has 0 amide bonds. The molecule has 0 heterocycles. The SMILES string of the molecule is CN(/N=C/c1ccc(OCC(=O)O)cc1)c1ccccc1. The number of carboxylic acids is 1. The maximum atomic E-state index is 10.4. The van der Waals surface area contributed by atoms with E-state index in [4.69, 9.17) is 9.84 Å². The molecular weight excluding hydrogens is 268 g/mol. The van der Waals surface area contributed by atoms with Crippen molar-refractivity contribution >= 4 is 17.9 Å². The molecule has 1 N–H and O–H groups in total. The molecular formula is C16H16N2O3. The van der Waals surface area contributed by atoms with Crippen molar-refractivity contribution in [1.82, 2.24) is 0 Å². The van der Waals surface area contributed by atoms with Crippen molar-refractivity contribution in [2.24, 2.45) is 5.10 Å². The van der Waals surface area contributed by atoms with Crippen LogP contribution in [0.1, 0.15) is 5.56 Å². The Bertz CT molecular complexity index is 609. The monoisotopic (exact) mass is 284 g/mol. The Hall–Kier alpha value is -2.82. The normalized spacial score (nSPS) is 10.5. The molecule has 0 radical (unpaired) electrons.